The van der Waals surface area contributed by atoms with Crippen LogP contribution >= 0.6 is 0 Å². The first-order chi connectivity index (χ1) is 11.4. The standard InChI is InChI=1S/C16H29N5O3S/c1-12-8-14(21(19-12)16(2,3)4)18-15(22)10-20-7-5-6-13(9-20)11-25(17,23)24/h8,13H,5-7,9-11H2,1-4H3,(H,18,22)(H2,17,23,24). The van der Waals surface area contributed by atoms with Crippen LogP contribution in [0.3, 0.4) is 0 Å². The van der Waals surface area contributed by atoms with Crippen molar-refractivity contribution in [2.24, 2.45) is 11.1 Å². The normalized spacial score (nSPS) is 19.8. The minimum atomic E-state index is -3.48. The van der Waals surface area contributed by atoms with E-state index in [1.807, 2.05) is 38.7 Å². The van der Waals surface area contributed by atoms with Crippen LogP contribution in [0.25, 0.3) is 0 Å². The largest absolute Gasteiger partial charge is 0.310 e. The highest BCUT2D eigenvalue weighted by Gasteiger charge is 2.25. The van der Waals surface area contributed by atoms with Crippen molar-refractivity contribution in [3.05, 3.63) is 11.8 Å². The molecule has 1 aromatic heterocycles. The summed E-state index contributed by atoms with van der Waals surface area (Å²) in [6, 6.07) is 1.85. The van der Waals surface area contributed by atoms with Gasteiger partial charge in [-0.05, 0) is 53.0 Å². The summed E-state index contributed by atoms with van der Waals surface area (Å²) < 4.78 is 24.4. The minimum Gasteiger partial charge on any atom is -0.310 e. The second-order valence-corrected chi connectivity index (χ2v) is 9.53. The summed E-state index contributed by atoms with van der Waals surface area (Å²) in [5.41, 5.74) is 0.610. The van der Waals surface area contributed by atoms with Crippen molar-refractivity contribution in [1.29, 1.82) is 0 Å². The van der Waals surface area contributed by atoms with Gasteiger partial charge in [-0.1, -0.05) is 0 Å². The molecule has 2 heterocycles. The maximum Gasteiger partial charge on any atom is 0.239 e. The Labute approximate surface area is 149 Å². The first-order valence-electron chi connectivity index (χ1n) is 8.54. The summed E-state index contributed by atoms with van der Waals surface area (Å²) in [6.07, 6.45) is 1.69. The molecule has 1 amide bonds. The third kappa shape index (κ3) is 6.09. The molecular formula is C16H29N5O3S. The highest BCUT2D eigenvalue weighted by molar-refractivity contribution is 7.89. The van der Waals surface area contributed by atoms with Crippen LogP contribution in [0.15, 0.2) is 6.07 Å². The van der Waals surface area contributed by atoms with Crippen molar-refractivity contribution < 1.29 is 13.2 Å². The number of carbonyl (C=O) groups is 1. The first-order valence-corrected chi connectivity index (χ1v) is 10.3. The van der Waals surface area contributed by atoms with Crippen LogP contribution in [0, 0.1) is 12.8 Å². The number of nitrogens with two attached hydrogens (primary N) is 1. The van der Waals surface area contributed by atoms with Gasteiger partial charge in [-0.3, -0.25) is 9.69 Å². The molecule has 142 valence electrons. The molecule has 1 fully saturated rings. The molecule has 0 bridgehead atoms. The van der Waals surface area contributed by atoms with E-state index < -0.39 is 10.0 Å². The number of nitrogens with zero attached hydrogens (tertiary/aromatic N) is 3. The Morgan fingerprint density at radius 1 is 1.44 bits per heavy atom. The van der Waals surface area contributed by atoms with Crippen LogP contribution in [-0.4, -0.2) is 54.4 Å². The van der Waals surface area contributed by atoms with E-state index in [4.69, 9.17) is 5.14 Å². The van der Waals surface area contributed by atoms with E-state index in [-0.39, 0.29) is 29.7 Å². The fourth-order valence-corrected chi connectivity index (χ4v) is 4.17. The highest BCUT2D eigenvalue weighted by atomic mass is 32.2. The Morgan fingerprint density at radius 3 is 2.72 bits per heavy atom. The van der Waals surface area contributed by atoms with Gasteiger partial charge in [-0.2, -0.15) is 5.10 Å². The van der Waals surface area contributed by atoms with E-state index in [9.17, 15) is 13.2 Å². The number of aryl methyl sites for hydroxylation is 1. The van der Waals surface area contributed by atoms with Crippen molar-refractivity contribution in [3.8, 4) is 0 Å². The number of piperidine rings is 1. The van der Waals surface area contributed by atoms with Crippen molar-refractivity contribution in [1.82, 2.24) is 14.7 Å². The second-order valence-electron chi connectivity index (χ2n) is 7.87. The monoisotopic (exact) mass is 371 g/mol. The number of carbonyl (C=O) groups excluding carboxylic acids is 1. The Hall–Kier alpha value is -1.45. The summed E-state index contributed by atoms with van der Waals surface area (Å²) in [5.74, 6) is 0.509. The first kappa shape index (κ1) is 19.9. The number of likely N-dealkylation sites (tertiary alicyclic amines) is 1. The molecule has 0 radical (unpaired) electrons. The molecule has 3 N–H and O–H groups in total. The molecule has 0 spiro atoms. The lowest BCUT2D eigenvalue weighted by Crippen LogP contribution is -2.43. The van der Waals surface area contributed by atoms with E-state index in [0.717, 1.165) is 25.1 Å². The van der Waals surface area contributed by atoms with E-state index in [1.165, 1.54) is 0 Å². The van der Waals surface area contributed by atoms with Crippen molar-refractivity contribution in [2.75, 3.05) is 30.7 Å². The number of hydrogen-bond acceptors (Lipinski definition) is 5. The number of anilines is 1. The molecule has 1 aliphatic heterocycles. The van der Waals surface area contributed by atoms with Gasteiger partial charge in [0.1, 0.15) is 5.82 Å². The fourth-order valence-electron chi connectivity index (χ4n) is 3.24. The molecule has 1 aliphatic rings. The molecular weight excluding hydrogens is 342 g/mol. The third-order valence-electron chi connectivity index (χ3n) is 4.17. The number of primary sulfonamides is 1. The van der Waals surface area contributed by atoms with Crippen LogP contribution in [-0.2, 0) is 20.4 Å². The van der Waals surface area contributed by atoms with Crippen LogP contribution in [0.4, 0.5) is 5.82 Å². The number of amides is 1. The summed E-state index contributed by atoms with van der Waals surface area (Å²) in [4.78, 5) is 14.4. The van der Waals surface area contributed by atoms with Crippen molar-refractivity contribution in [2.45, 2.75) is 46.1 Å². The lowest BCUT2D eigenvalue weighted by atomic mass is 10.0. The van der Waals surface area contributed by atoms with E-state index in [1.54, 1.807) is 4.68 Å². The Kier molecular flexibility index (Phi) is 5.90. The van der Waals surface area contributed by atoms with E-state index >= 15 is 0 Å². The SMILES string of the molecule is Cc1cc(NC(=O)CN2CCCC(CS(N)(=O)=O)C2)n(C(C)(C)C)n1. The zero-order chi connectivity index (χ0) is 18.8. The molecule has 2 rings (SSSR count). The lowest BCUT2D eigenvalue weighted by Gasteiger charge is -2.31. The third-order valence-corrected chi connectivity index (χ3v) is 5.11. The predicted molar refractivity (Wildman–Crippen MR) is 97.7 cm³/mol. The quantitative estimate of drug-likeness (QED) is 0.798. The molecule has 1 atom stereocenters. The second kappa shape index (κ2) is 7.43. The van der Waals surface area contributed by atoms with Gasteiger partial charge in [0.2, 0.25) is 15.9 Å². The Morgan fingerprint density at radius 2 is 2.12 bits per heavy atom. The molecule has 0 aliphatic carbocycles. The van der Waals surface area contributed by atoms with Gasteiger partial charge < -0.3 is 5.32 Å². The number of hydrogen-bond donors (Lipinski definition) is 2. The molecule has 1 unspecified atom stereocenters. The molecule has 8 nitrogen and oxygen atoms in total. The van der Waals surface area contributed by atoms with E-state index in [2.05, 4.69) is 10.4 Å². The number of rotatable bonds is 5. The maximum absolute atomic E-state index is 12.4. The zero-order valence-corrected chi connectivity index (χ0v) is 16.3. The smallest absolute Gasteiger partial charge is 0.239 e. The molecule has 1 saturated heterocycles. The fraction of sp³-hybridized carbons (Fsp3) is 0.750. The van der Waals surface area contributed by atoms with Gasteiger partial charge >= 0.3 is 0 Å². The van der Waals surface area contributed by atoms with E-state index in [0.29, 0.717) is 12.4 Å². The Bertz CT molecular complexity index is 721. The van der Waals surface area contributed by atoms with Crippen molar-refractivity contribution >= 4 is 21.7 Å². The average Bonchev–Trinajstić information content (AvgIpc) is 2.77. The predicted octanol–water partition coefficient (Wildman–Crippen LogP) is 0.886. The van der Waals surface area contributed by atoms with Gasteiger partial charge in [0.05, 0.1) is 23.5 Å². The van der Waals surface area contributed by atoms with Crippen molar-refractivity contribution in [3.63, 3.8) is 0 Å². The summed E-state index contributed by atoms with van der Waals surface area (Å²) in [6.45, 7) is 9.55. The molecule has 25 heavy (non-hydrogen) atoms. The highest BCUT2D eigenvalue weighted by Crippen LogP contribution is 2.22. The van der Waals surface area contributed by atoms with Gasteiger partial charge in [-0.25, -0.2) is 18.2 Å². The molecule has 1 aromatic rings. The molecule has 0 aromatic carbocycles. The van der Waals surface area contributed by atoms with Gasteiger partial charge in [0, 0.05) is 12.6 Å². The topological polar surface area (TPSA) is 110 Å². The Balaban J connectivity index is 1.97. The molecule has 9 heteroatoms. The maximum atomic E-state index is 12.4. The zero-order valence-electron chi connectivity index (χ0n) is 15.4. The van der Waals surface area contributed by atoms with Crippen LogP contribution in [0.5, 0.6) is 0 Å². The molecule has 0 saturated carbocycles. The minimum absolute atomic E-state index is 0.0149. The van der Waals surface area contributed by atoms with Gasteiger partial charge in [0.15, 0.2) is 0 Å². The van der Waals surface area contributed by atoms with Crippen LogP contribution in [0.1, 0.15) is 39.3 Å². The summed E-state index contributed by atoms with van der Waals surface area (Å²) in [7, 11) is -3.48. The van der Waals surface area contributed by atoms with Gasteiger partial charge in [0.25, 0.3) is 0 Å². The average molecular weight is 372 g/mol. The lowest BCUT2D eigenvalue weighted by molar-refractivity contribution is -0.117. The van der Waals surface area contributed by atoms with Crippen LogP contribution in [0.2, 0.25) is 0 Å². The number of aromatic nitrogens is 2. The summed E-state index contributed by atoms with van der Waals surface area (Å²) >= 11 is 0. The summed E-state index contributed by atoms with van der Waals surface area (Å²) in [5, 5.41) is 12.5. The number of nitrogens with one attached hydrogen (secondary N) is 1. The van der Waals surface area contributed by atoms with Crippen LogP contribution < -0.4 is 10.5 Å². The number of sulfonamides is 1. The van der Waals surface area contributed by atoms with Gasteiger partial charge in [-0.15, -0.1) is 0 Å².